The zero-order chi connectivity index (χ0) is 26.7. The number of carbonyl (C=O) groups excluding carboxylic acids is 3. The molecule has 0 fully saturated rings. The highest BCUT2D eigenvalue weighted by molar-refractivity contribution is 7.80. The summed E-state index contributed by atoms with van der Waals surface area (Å²) in [6.07, 6.45) is -2.17. The molecule has 0 aliphatic heterocycles. The number of nitrogens with two attached hydrogens (primary N) is 1. The number of hydrogen-bond acceptors (Lipinski definition) is 9. The van der Waals surface area contributed by atoms with Gasteiger partial charge in [0.05, 0.1) is 6.10 Å². The lowest BCUT2D eigenvalue weighted by molar-refractivity contribution is -0.142. The van der Waals surface area contributed by atoms with Gasteiger partial charge in [-0.05, 0) is 31.0 Å². The Bertz CT molecular complexity index is 911. The van der Waals surface area contributed by atoms with Gasteiger partial charge in [0.1, 0.15) is 29.9 Å². The maximum absolute atomic E-state index is 12.7. The first kappa shape index (κ1) is 29.7. The van der Waals surface area contributed by atoms with E-state index in [1.54, 1.807) is 0 Å². The molecule has 14 heteroatoms. The third-order valence-corrected chi connectivity index (χ3v) is 5.27. The van der Waals surface area contributed by atoms with E-state index < -0.39 is 66.4 Å². The Kier molecular flexibility index (Phi) is 12.0. The molecule has 0 heterocycles. The van der Waals surface area contributed by atoms with Gasteiger partial charge in [0.25, 0.3) is 0 Å². The first-order valence-electron chi connectivity index (χ1n) is 10.5. The van der Waals surface area contributed by atoms with Crippen LogP contribution in [-0.4, -0.2) is 86.1 Å². The molecule has 3 amide bonds. The van der Waals surface area contributed by atoms with Crippen molar-refractivity contribution in [2.45, 2.75) is 56.5 Å². The van der Waals surface area contributed by atoms with Crippen molar-refractivity contribution in [1.29, 1.82) is 0 Å². The van der Waals surface area contributed by atoms with Gasteiger partial charge in [0.15, 0.2) is 0 Å². The summed E-state index contributed by atoms with van der Waals surface area (Å²) in [7, 11) is 0. The number of carboxylic acids is 2. The number of phenols is 1. The standard InChI is InChI=1S/C21H30N4O9S/c1-10(26)17(22)20(32)23-13(6-7-16(28)29)18(30)25-15(9-35)19(31)24-14(21(33)34)8-11-2-4-12(27)5-3-11/h2-5,10,13-15,17,26-27,35H,6-9,22H2,1H3,(H,23,32)(H,24,31)(H,25,30)(H,28,29)(H,33,34). The zero-order valence-corrected chi connectivity index (χ0v) is 19.8. The van der Waals surface area contributed by atoms with Crippen molar-refractivity contribution in [3.05, 3.63) is 29.8 Å². The summed E-state index contributed by atoms with van der Waals surface area (Å²) in [6, 6.07) is 0.247. The Balaban J connectivity index is 2.91. The number of hydrogen-bond donors (Lipinski definition) is 9. The number of rotatable bonds is 14. The summed E-state index contributed by atoms with van der Waals surface area (Å²) in [5.41, 5.74) is 6.06. The first-order valence-corrected chi connectivity index (χ1v) is 11.2. The Morgan fingerprint density at radius 1 is 0.914 bits per heavy atom. The molecule has 35 heavy (non-hydrogen) atoms. The van der Waals surface area contributed by atoms with Gasteiger partial charge in [-0.25, -0.2) is 4.79 Å². The van der Waals surface area contributed by atoms with Gasteiger partial charge in [-0.3, -0.25) is 19.2 Å². The molecule has 5 atom stereocenters. The lowest BCUT2D eigenvalue weighted by Gasteiger charge is -2.24. The number of phenolic OH excluding ortho intramolecular Hbond substituents is 1. The summed E-state index contributed by atoms with van der Waals surface area (Å²) in [5, 5.41) is 44.1. The van der Waals surface area contributed by atoms with Crippen LogP contribution in [0.25, 0.3) is 0 Å². The highest BCUT2D eigenvalue weighted by Crippen LogP contribution is 2.12. The number of carbonyl (C=O) groups is 5. The molecule has 0 saturated carbocycles. The number of aromatic hydroxyl groups is 1. The first-order chi connectivity index (χ1) is 16.3. The van der Waals surface area contributed by atoms with Crippen LogP contribution in [0.4, 0.5) is 0 Å². The molecular formula is C21H30N4O9S. The number of aliphatic carboxylic acids is 2. The second kappa shape index (κ2) is 14.1. The van der Waals surface area contributed by atoms with E-state index in [1.807, 2.05) is 0 Å². The minimum atomic E-state index is -1.40. The smallest absolute Gasteiger partial charge is 0.326 e. The summed E-state index contributed by atoms with van der Waals surface area (Å²) in [5.74, 6) is -5.52. The number of aliphatic hydroxyl groups excluding tert-OH is 1. The van der Waals surface area contributed by atoms with Crippen LogP contribution in [0.15, 0.2) is 24.3 Å². The van der Waals surface area contributed by atoms with E-state index in [1.165, 1.54) is 31.2 Å². The maximum Gasteiger partial charge on any atom is 0.326 e. The maximum atomic E-state index is 12.7. The van der Waals surface area contributed by atoms with E-state index in [0.717, 1.165) is 0 Å². The van der Waals surface area contributed by atoms with E-state index in [9.17, 15) is 39.3 Å². The molecule has 0 radical (unpaired) electrons. The van der Waals surface area contributed by atoms with Crippen molar-refractivity contribution in [1.82, 2.24) is 16.0 Å². The van der Waals surface area contributed by atoms with Gasteiger partial charge in [0, 0.05) is 18.6 Å². The molecule has 1 aromatic carbocycles. The van der Waals surface area contributed by atoms with Crippen molar-refractivity contribution in [3.63, 3.8) is 0 Å². The summed E-state index contributed by atoms with van der Waals surface area (Å²) in [4.78, 5) is 60.1. The molecule has 13 nitrogen and oxygen atoms in total. The van der Waals surface area contributed by atoms with Gasteiger partial charge in [-0.15, -0.1) is 0 Å². The molecule has 0 saturated heterocycles. The van der Waals surface area contributed by atoms with Gasteiger partial charge < -0.3 is 42.1 Å². The molecule has 1 rings (SSSR count). The third kappa shape index (κ3) is 10.2. The minimum absolute atomic E-state index is 0.0125. The second-order valence-electron chi connectivity index (χ2n) is 7.77. The van der Waals surface area contributed by atoms with Crippen LogP contribution >= 0.6 is 12.6 Å². The molecule has 9 N–H and O–H groups in total. The highest BCUT2D eigenvalue weighted by atomic mass is 32.1. The number of aliphatic hydroxyl groups is 1. The molecule has 194 valence electrons. The van der Waals surface area contributed by atoms with Gasteiger partial charge >= 0.3 is 11.9 Å². The SMILES string of the molecule is CC(O)C(N)C(=O)NC(CCC(=O)O)C(=O)NC(CS)C(=O)NC(Cc1ccc(O)cc1)C(=O)O. The fourth-order valence-corrected chi connectivity index (χ4v) is 3.09. The van der Waals surface area contributed by atoms with Crippen LogP contribution in [0.3, 0.4) is 0 Å². The highest BCUT2D eigenvalue weighted by Gasteiger charge is 2.30. The predicted molar refractivity (Wildman–Crippen MR) is 126 cm³/mol. The molecule has 5 unspecified atom stereocenters. The van der Waals surface area contributed by atoms with Gasteiger partial charge in [-0.1, -0.05) is 12.1 Å². The number of benzene rings is 1. The molecule has 0 spiro atoms. The van der Waals surface area contributed by atoms with Gasteiger partial charge in [-0.2, -0.15) is 12.6 Å². The van der Waals surface area contributed by atoms with Crippen molar-refractivity contribution in [3.8, 4) is 5.75 Å². The summed E-state index contributed by atoms with van der Waals surface area (Å²) >= 11 is 4.01. The number of amides is 3. The average molecular weight is 515 g/mol. The van der Waals surface area contributed by atoms with Gasteiger partial charge in [0.2, 0.25) is 17.7 Å². The predicted octanol–water partition coefficient (Wildman–Crippen LogP) is -2.02. The van der Waals surface area contributed by atoms with E-state index in [2.05, 4.69) is 28.6 Å². The second-order valence-corrected chi connectivity index (χ2v) is 8.14. The zero-order valence-electron chi connectivity index (χ0n) is 18.9. The Morgan fingerprint density at radius 2 is 1.43 bits per heavy atom. The van der Waals surface area contributed by atoms with Crippen molar-refractivity contribution in [2.24, 2.45) is 5.73 Å². The van der Waals surface area contributed by atoms with E-state index in [0.29, 0.717) is 5.56 Å². The molecule has 0 aliphatic rings. The quantitative estimate of drug-likeness (QED) is 0.124. The largest absolute Gasteiger partial charge is 0.508 e. The van der Waals surface area contributed by atoms with Crippen molar-refractivity contribution >= 4 is 42.3 Å². The van der Waals surface area contributed by atoms with Crippen LogP contribution in [-0.2, 0) is 30.4 Å². The third-order valence-electron chi connectivity index (χ3n) is 4.91. The summed E-state index contributed by atoms with van der Waals surface area (Å²) in [6.45, 7) is 1.26. The fraction of sp³-hybridized carbons (Fsp3) is 0.476. The molecule has 0 bridgehead atoms. The lowest BCUT2D eigenvalue weighted by Crippen LogP contribution is -2.58. The summed E-state index contributed by atoms with van der Waals surface area (Å²) < 4.78 is 0. The Morgan fingerprint density at radius 3 is 1.91 bits per heavy atom. The number of nitrogens with one attached hydrogen (secondary N) is 3. The van der Waals surface area contributed by atoms with E-state index in [4.69, 9.17) is 10.8 Å². The Hall–Kier alpha value is -3.36. The fourth-order valence-electron chi connectivity index (χ4n) is 2.83. The Labute approximate surface area is 206 Å². The van der Waals surface area contributed by atoms with E-state index in [-0.39, 0.29) is 24.3 Å². The van der Waals surface area contributed by atoms with Crippen molar-refractivity contribution in [2.75, 3.05) is 5.75 Å². The normalized spacial score (nSPS) is 15.1. The minimum Gasteiger partial charge on any atom is -0.508 e. The molecule has 0 aromatic heterocycles. The topological polar surface area (TPSA) is 228 Å². The van der Waals surface area contributed by atoms with E-state index >= 15 is 0 Å². The molecule has 0 aliphatic carbocycles. The van der Waals surface area contributed by atoms with Crippen LogP contribution in [0, 0.1) is 0 Å². The molecule has 1 aromatic rings. The monoisotopic (exact) mass is 514 g/mol. The van der Waals surface area contributed by atoms with Crippen molar-refractivity contribution < 1.29 is 44.4 Å². The van der Waals surface area contributed by atoms with Crippen LogP contribution in [0.2, 0.25) is 0 Å². The number of carboxylic acid groups (broad SMARTS) is 2. The average Bonchev–Trinajstić information content (AvgIpc) is 2.79. The van der Waals surface area contributed by atoms with Crippen LogP contribution in [0.5, 0.6) is 5.75 Å². The lowest BCUT2D eigenvalue weighted by atomic mass is 10.1. The molecular weight excluding hydrogens is 484 g/mol. The van der Waals surface area contributed by atoms with Crippen LogP contribution in [0.1, 0.15) is 25.3 Å². The van der Waals surface area contributed by atoms with Crippen LogP contribution < -0.4 is 21.7 Å². The number of thiol groups is 1.